The van der Waals surface area contributed by atoms with Crippen LogP contribution in [-0.4, -0.2) is 37.5 Å². The number of nitrogens with one attached hydrogen (secondary N) is 1. The van der Waals surface area contributed by atoms with Gasteiger partial charge in [-0.3, -0.25) is 4.79 Å². The van der Waals surface area contributed by atoms with Crippen LogP contribution in [0.3, 0.4) is 0 Å². The van der Waals surface area contributed by atoms with Gasteiger partial charge in [-0.25, -0.2) is 0 Å². The van der Waals surface area contributed by atoms with E-state index in [4.69, 9.17) is 11.6 Å². The Morgan fingerprint density at radius 2 is 2.23 bits per heavy atom. The number of hydrogen-bond acceptors (Lipinski definition) is 4. The number of aromatic nitrogens is 4. The van der Waals surface area contributed by atoms with Crippen molar-refractivity contribution in [2.24, 2.45) is 0 Å². The van der Waals surface area contributed by atoms with Gasteiger partial charge in [0.05, 0.1) is 6.54 Å². The summed E-state index contributed by atoms with van der Waals surface area (Å²) in [5, 5.41) is 14.4. The molecule has 3 rings (SSSR count). The summed E-state index contributed by atoms with van der Waals surface area (Å²) in [6.45, 7) is 2.25. The molecule has 1 aromatic carbocycles. The molecule has 1 amide bonds. The molecule has 114 valence electrons. The zero-order valence-corrected chi connectivity index (χ0v) is 12.9. The fourth-order valence-electron chi connectivity index (χ4n) is 2.30. The van der Waals surface area contributed by atoms with Gasteiger partial charge >= 0.3 is 0 Å². The van der Waals surface area contributed by atoms with Gasteiger partial charge in [0.2, 0.25) is 5.91 Å². The smallest absolute Gasteiger partial charge is 0.247 e. The molecule has 1 heterocycles. The minimum atomic E-state index is -0.0512. The Labute approximate surface area is 133 Å². The van der Waals surface area contributed by atoms with E-state index in [0.29, 0.717) is 17.4 Å². The normalized spacial score (nSPS) is 14.9. The summed E-state index contributed by atoms with van der Waals surface area (Å²) in [6, 6.07) is 7.76. The third-order valence-electron chi connectivity index (χ3n) is 3.61. The molecule has 0 spiro atoms. The first-order valence-corrected chi connectivity index (χ1v) is 7.49. The fourth-order valence-corrected chi connectivity index (χ4v) is 2.59. The average molecular weight is 318 g/mol. The first-order valence-electron chi connectivity index (χ1n) is 7.11. The van der Waals surface area contributed by atoms with Crippen LogP contribution in [0.4, 0.5) is 0 Å². The Morgan fingerprint density at radius 3 is 2.86 bits per heavy atom. The summed E-state index contributed by atoms with van der Waals surface area (Å²) in [4.78, 5) is 14.3. The fraction of sp³-hybridized carbons (Fsp3) is 0.333. The van der Waals surface area contributed by atoms with E-state index in [9.17, 15) is 4.79 Å². The lowest BCUT2D eigenvalue weighted by Gasteiger charge is -2.19. The van der Waals surface area contributed by atoms with Crippen molar-refractivity contribution in [2.75, 3.05) is 0 Å². The predicted octanol–water partition coefficient (Wildman–Crippen LogP) is 2.45. The number of hydrogen-bond donors (Lipinski definition) is 1. The second-order valence-corrected chi connectivity index (χ2v) is 5.74. The lowest BCUT2D eigenvalue weighted by Crippen LogP contribution is -2.31. The van der Waals surface area contributed by atoms with E-state index in [2.05, 4.69) is 20.6 Å². The van der Waals surface area contributed by atoms with Crippen molar-refractivity contribution in [3.63, 3.8) is 0 Å². The van der Waals surface area contributed by atoms with Crippen LogP contribution in [-0.2, 0) is 11.3 Å². The molecule has 1 aliphatic carbocycles. The zero-order chi connectivity index (χ0) is 15.5. The van der Waals surface area contributed by atoms with E-state index >= 15 is 0 Å². The minimum Gasteiger partial charge on any atom is -0.328 e. The lowest BCUT2D eigenvalue weighted by molar-refractivity contribution is -0.127. The quantitative estimate of drug-likeness (QED) is 0.859. The molecule has 0 saturated heterocycles. The molecule has 1 aromatic heterocycles. The highest BCUT2D eigenvalue weighted by Crippen LogP contribution is 2.29. The van der Waals surface area contributed by atoms with Crippen LogP contribution in [0.15, 0.2) is 30.3 Å². The van der Waals surface area contributed by atoms with Crippen molar-refractivity contribution in [1.82, 2.24) is 25.5 Å². The van der Waals surface area contributed by atoms with Gasteiger partial charge in [-0.15, -0.1) is 10.2 Å². The number of aromatic amines is 1. The van der Waals surface area contributed by atoms with Crippen molar-refractivity contribution >= 4 is 23.1 Å². The van der Waals surface area contributed by atoms with Gasteiger partial charge in [-0.05, 0) is 37.0 Å². The van der Waals surface area contributed by atoms with Gasteiger partial charge in [0.15, 0.2) is 5.82 Å². The lowest BCUT2D eigenvalue weighted by atomic mass is 10.1. The first-order chi connectivity index (χ1) is 10.6. The third kappa shape index (κ3) is 3.33. The molecular weight excluding hydrogens is 302 g/mol. The number of H-pyrrole nitrogens is 1. The highest BCUT2D eigenvalue weighted by Gasteiger charge is 2.32. The summed E-state index contributed by atoms with van der Waals surface area (Å²) in [5.41, 5.74) is 1.71. The van der Waals surface area contributed by atoms with Gasteiger partial charge < -0.3 is 4.90 Å². The zero-order valence-electron chi connectivity index (χ0n) is 12.2. The third-order valence-corrected chi connectivity index (χ3v) is 3.94. The van der Waals surface area contributed by atoms with Crippen LogP contribution in [0.5, 0.6) is 0 Å². The van der Waals surface area contributed by atoms with Crippen LogP contribution in [0.2, 0.25) is 5.02 Å². The Kier molecular flexibility index (Phi) is 4.20. The molecule has 0 aliphatic heterocycles. The highest BCUT2D eigenvalue weighted by molar-refractivity contribution is 6.32. The van der Waals surface area contributed by atoms with Crippen LogP contribution in [0.1, 0.15) is 31.2 Å². The SMILES string of the molecule is C/C(=C\C(=O)N(Cc1nn[nH]n1)C1CC1)c1ccccc1Cl. The average Bonchev–Trinajstić information content (AvgIpc) is 3.21. The largest absolute Gasteiger partial charge is 0.328 e. The number of amides is 1. The van der Waals surface area contributed by atoms with Gasteiger partial charge in [0.1, 0.15) is 0 Å². The summed E-state index contributed by atoms with van der Waals surface area (Å²) in [6.07, 6.45) is 3.66. The number of halogens is 1. The molecule has 7 heteroatoms. The van der Waals surface area contributed by atoms with E-state index < -0.39 is 0 Å². The van der Waals surface area contributed by atoms with E-state index in [1.54, 1.807) is 11.0 Å². The van der Waals surface area contributed by atoms with Gasteiger partial charge in [-0.2, -0.15) is 5.21 Å². The summed E-state index contributed by atoms with van der Waals surface area (Å²) < 4.78 is 0. The number of carbonyl (C=O) groups excluding carboxylic acids is 1. The molecule has 0 atom stereocenters. The molecule has 1 N–H and O–H groups in total. The Hall–Kier alpha value is -2.21. The molecule has 2 aromatic rings. The molecule has 22 heavy (non-hydrogen) atoms. The maximum Gasteiger partial charge on any atom is 0.247 e. The molecular formula is C15H16ClN5O. The van der Waals surface area contributed by atoms with Gasteiger partial charge in [0, 0.05) is 17.1 Å². The summed E-state index contributed by atoms with van der Waals surface area (Å²) in [5.74, 6) is 0.466. The van der Waals surface area contributed by atoms with Crippen molar-refractivity contribution in [3.05, 3.63) is 46.8 Å². The van der Waals surface area contributed by atoms with Crippen LogP contribution < -0.4 is 0 Å². The van der Waals surface area contributed by atoms with Crippen molar-refractivity contribution in [1.29, 1.82) is 0 Å². The molecule has 6 nitrogen and oxygen atoms in total. The Bertz CT molecular complexity index is 694. The number of rotatable bonds is 5. The molecule has 0 radical (unpaired) electrons. The number of nitrogens with zero attached hydrogens (tertiary/aromatic N) is 4. The van der Waals surface area contributed by atoms with E-state index in [-0.39, 0.29) is 11.9 Å². The van der Waals surface area contributed by atoms with Crippen molar-refractivity contribution in [2.45, 2.75) is 32.4 Å². The van der Waals surface area contributed by atoms with E-state index in [1.807, 2.05) is 31.2 Å². The Morgan fingerprint density at radius 1 is 1.45 bits per heavy atom. The van der Waals surface area contributed by atoms with Crippen molar-refractivity contribution < 1.29 is 4.79 Å². The van der Waals surface area contributed by atoms with E-state index in [1.165, 1.54) is 0 Å². The maximum absolute atomic E-state index is 12.6. The number of tetrazole rings is 1. The van der Waals surface area contributed by atoms with Crippen molar-refractivity contribution in [3.8, 4) is 0 Å². The molecule has 0 bridgehead atoms. The molecule has 1 fully saturated rings. The van der Waals surface area contributed by atoms with Crippen LogP contribution in [0, 0.1) is 0 Å². The van der Waals surface area contributed by atoms with Crippen LogP contribution in [0.25, 0.3) is 5.57 Å². The first kappa shape index (κ1) is 14.7. The number of carbonyl (C=O) groups is 1. The molecule has 1 aliphatic rings. The molecule has 1 saturated carbocycles. The topological polar surface area (TPSA) is 74.8 Å². The minimum absolute atomic E-state index is 0.0512. The van der Waals surface area contributed by atoms with E-state index in [0.717, 1.165) is 24.0 Å². The Balaban J connectivity index is 1.78. The second kappa shape index (κ2) is 6.27. The summed E-state index contributed by atoms with van der Waals surface area (Å²) in [7, 11) is 0. The highest BCUT2D eigenvalue weighted by atomic mass is 35.5. The maximum atomic E-state index is 12.6. The van der Waals surface area contributed by atoms with Gasteiger partial charge in [-0.1, -0.05) is 35.0 Å². The molecule has 0 unspecified atom stereocenters. The standard InChI is InChI=1S/C15H16ClN5O/c1-10(12-4-2-3-5-13(12)16)8-15(22)21(11-6-7-11)9-14-17-19-20-18-14/h2-5,8,11H,6-7,9H2,1H3,(H,17,18,19,20)/b10-8+. The summed E-state index contributed by atoms with van der Waals surface area (Å²) >= 11 is 6.17. The second-order valence-electron chi connectivity index (χ2n) is 5.33. The monoisotopic (exact) mass is 317 g/mol. The number of allylic oxidation sites excluding steroid dienone is 1. The van der Waals surface area contributed by atoms with Crippen LogP contribution >= 0.6 is 11.6 Å². The predicted molar refractivity (Wildman–Crippen MR) is 82.9 cm³/mol. The van der Waals surface area contributed by atoms with Gasteiger partial charge in [0.25, 0.3) is 0 Å². The number of benzene rings is 1.